The van der Waals surface area contributed by atoms with Crippen LogP contribution in [-0.4, -0.2) is 57.8 Å². The van der Waals surface area contributed by atoms with Crippen molar-refractivity contribution in [1.82, 2.24) is 14.8 Å². The maximum absolute atomic E-state index is 13.8. The van der Waals surface area contributed by atoms with Crippen LogP contribution in [0.25, 0.3) is 10.9 Å². The van der Waals surface area contributed by atoms with Gasteiger partial charge in [-0.1, -0.05) is 42.5 Å². The van der Waals surface area contributed by atoms with Crippen molar-refractivity contribution in [3.63, 3.8) is 0 Å². The van der Waals surface area contributed by atoms with E-state index in [1.807, 2.05) is 48.5 Å². The zero-order valence-corrected chi connectivity index (χ0v) is 20.8. The molecule has 0 saturated carbocycles. The van der Waals surface area contributed by atoms with E-state index >= 15 is 0 Å². The van der Waals surface area contributed by atoms with Gasteiger partial charge in [0, 0.05) is 41.7 Å². The minimum Gasteiger partial charge on any atom is -0.497 e. The highest BCUT2D eigenvalue weighted by molar-refractivity contribution is 5.97. The SMILES string of the molecule is COc1ccc(CCN2CC(=O)N3C(c4cccc([N+](=O)[O-])c4)c4[nH]c5ccccc5c4C[C@H]3C2=O)cc1. The van der Waals surface area contributed by atoms with Gasteiger partial charge in [0.1, 0.15) is 11.8 Å². The van der Waals surface area contributed by atoms with E-state index in [-0.39, 0.29) is 24.0 Å². The second kappa shape index (κ2) is 9.33. The number of H-pyrrole nitrogens is 1. The summed E-state index contributed by atoms with van der Waals surface area (Å²) >= 11 is 0. The summed E-state index contributed by atoms with van der Waals surface area (Å²) in [6, 6.07) is 20.5. The van der Waals surface area contributed by atoms with Gasteiger partial charge in [0.05, 0.1) is 24.6 Å². The molecule has 4 aromatic rings. The van der Waals surface area contributed by atoms with E-state index in [0.717, 1.165) is 33.5 Å². The summed E-state index contributed by atoms with van der Waals surface area (Å²) in [6.07, 6.45) is 0.997. The third-order valence-electron chi connectivity index (χ3n) is 7.57. The van der Waals surface area contributed by atoms with Crippen molar-refractivity contribution in [2.45, 2.75) is 24.9 Å². The fraction of sp³-hybridized carbons (Fsp3) is 0.241. The Labute approximate surface area is 218 Å². The first kappa shape index (κ1) is 23.7. The van der Waals surface area contributed by atoms with E-state index in [0.29, 0.717) is 24.9 Å². The minimum absolute atomic E-state index is 0.0352. The van der Waals surface area contributed by atoms with E-state index in [2.05, 4.69) is 4.98 Å². The van der Waals surface area contributed by atoms with Crippen molar-refractivity contribution in [3.05, 3.63) is 105 Å². The number of carbonyl (C=O) groups is 2. The molecule has 192 valence electrons. The molecule has 9 heteroatoms. The number of nitro groups is 1. The second-order valence-electron chi connectivity index (χ2n) is 9.70. The van der Waals surface area contributed by atoms with E-state index in [1.54, 1.807) is 29.0 Å². The second-order valence-corrected chi connectivity index (χ2v) is 9.70. The predicted molar refractivity (Wildman–Crippen MR) is 141 cm³/mol. The van der Waals surface area contributed by atoms with Crippen molar-refractivity contribution < 1.29 is 19.2 Å². The molecule has 9 nitrogen and oxygen atoms in total. The van der Waals surface area contributed by atoms with Crippen LogP contribution >= 0.6 is 0 Å². The number of aromatic amines is 1. The molecule has 2 aliphatic heterocycles. The lowest BCUT2D eigenvalue weighted by Crippen LogP contribution is -2.63. The van der Waals surface area contributed by atoms with Crippen LogP contribution in [0, 0.1) is 10.1 Å². The maximum atomic E-state index is 13.8. The number of para-hydroxylation sites is 1. The van der Waals surface area contributed by atoms with Gasteiger partial charge >= 0.3 is 0 Å². The number of aromatic nitrogens is 1. The number of hydrogen-bond acceptors (Lipinski definition) is 5. The summed E-state index contributed by atoms with van der Waals surface area (Å²) in [4.78, 5) is 45.3. The first-order valence-electron chi connectivity index (χ1n) is 12.5. The Morgan fingerprint density at radius 1 is 1.05 bits per heavy atom. The van der Waals surface area contributed by atoms with Crippen LogP contribution in [-0.2, 0) is 22.4 Å². The van der Waals surface area contributed by atoms with Gasteiger partial charge in [0.15, 0.2) is 0 Å². The molecule has 3 aromatic carbocycles. The molecule has 1 fully saturated rings. The van der Waals surface area contributed by atoms with Crippen molar-refractivity contribution in [1.29, 1.82) is 0 Å². The quantitative estimate of drug-likeness (QED) is 0.311. The van der Waals surface area contributed by atoms with Crippen LogP contribution < -0.4 is 4.74 Å². The van der Waals surface area contributed by atoms with Gasteiger partial charge < -0.3 is 19.5 Å². The number of fused-ring (bicyclic) bond motifs is 4. The van der Waals surface area contributed by atoms with Gasteiger partial charge in [-0.25, -0.2) is 0 Å². The highest BCUT2D eigenvalue weighted by atomic mass is 16.6. The Morgan fingerprint density at radius 3 is 2.61 bits per heavy atom. The van der Waals surface area contributed by atoms with E-state index < -0.39 is 17.0 Å². The Kier molecular flexibility index (Phi) is 5.83. The number of rotatable bonds is 6. The molecule has 0 aliphatic carbocycles. The van der Waals surface area contributed by atoms with Crippen LogP contribution in [0.5, 0.6) is 5.75 Å². The standard InChI is InChI=1S/C29H26N4O5/c1-38-21-11-9-18(10-12-21)13-14-31-17-26(34)32-25(29(31)35)16-23-22-7-2-3-8-24(22)30-27(23)28(32)19-5-4-6-20(15-19)33(36)37/h2-12,15,25,28,30H,13-14,16-17H2,1H3/t25-,28?/m0/s1. The van der Waals surface area contributed by atoms with Gasteiger partial charge in [0.25, 0.3) is 5.69 Å². The number of amides is 2. The molecule has 1 unspecified atom stereocenters. The first-order chi connectivity index (χ1) is 18.4. The minimum atomic E-state index is -0.692. The van der Waals surface area contributed by atoms with Gasteiger partial charge in [-0.05, 0) is 41.3 Å². The zero-order valence-electron chi connectivity index (χ0n) is 20.8. The topological polar surface area (TPSA) is 109 Å². The monoisotopic (exact) mass is 510 g/mol. The van der Waals surface area contributed by atoms with Crippen molar-refractivity contribution in [3.8, 4) is 5.75 Å². The van der Waals surface area contributed by atoms with E-state index in [4.69, 9.17) is 4.74 Å². The highest BCUT2D eigenvalue weighted by Gasteiger charge is 2.48. The van der Waals surface area contributed by atoms with Crippen LogP contribution in [0.15, 0.2) is 72.8 Å². The molecular formula is C29H26N4O5. The number of nitrogens with zero attached hydrogens (tertiary/aromatic N) is 3. The molecule has 1 aromatic heterocycles. The largest absolute Gasteiger partial charge is 0.497 e. The predicted octanol–water partition coefficient (Wildman–Crippen LogP) is 4.01. The molecule has 3 heterocycles. The van der Waals surface area contributed by atoms with Crippen molar-refractivity contribution >= 4 is 28.4 Å². The summed E-state index contributed by atoms with van der Waals surface area (Å²) < 4.78 is 5.22. The van der Waals surface area contributed by atoms with Crippen LogP contribution in [0.3, 0.4) is 0 Å². The average Bonchev–Trinajstić information content (AvgIpc) is 3.31. The summed E-state index contributed by atoms with van der Waals surface area (Å²) in [7, 11) is 1.61. The molecule has 0 radical (unpaired) electrons. The van der Waals surface area contributed by atoms with E-state index in [1.165, 1.54) is 12.1 Å². The Morgan fingerprint density at radius 2 is 1.84 bits per heavy atom. The number of nitro benzene ring substituents is 1. The van der Waals surface area contributed by atoms with Gasteiger partial charge in [-0.2, -0.15) is 0 Å². The lowest BCUT2D eigenvalue weighted by molar-refractivity contribution is -0.384. The lowest BCUT2D eigenvalue weighted by Gasteiger charge is -2.47. The van der Waals surface area contributed by atoms with E-state index in [9.17, 15) is 19.7 Å². The van der Waals surface area contributed by atoms with Crippen molar-refractivity contribution in [2.24, 2.45) is 0 Å². The summed E-state index contributed by atoms with van der Waals surface area (Å²) in [5.74, 6) is 0.479. The Bertz CT molecular complexity index is 1560. The molecule has 1 saturated heterocycles. The number of ether oxygens (including phenoxy) is 1. The molecule has 38 heavy (non-hydrogen) atoms. The normalized spacial score (nSPS) is 18.9. The molecule has 0 spiro atoms. The smallest absolute Gasteiger partial charge is 0.269 e. The average molecular weight is 511 g/mol. The number of nitrogens with one attached hydrogen (secondary N) is 1. The summed E-state index contributed by atoms with van der Waals surface area (Å²) in [5.41, 5.74) is 4.27. The number of benzene rings is 3. The molecule has 0 bridgehead atoms. The lowest BCUT2D eigenvalue weighted by atomic mass is 9.86. The Hall–Kier alpha value is -4.66. The number of non-ortho nitro benzene ring substituents is 1. The molecule has 2 aliphatic rings. The summed E-state index contributed by atoms with van der Waals surface area (Å²) in [6.45, 7) is 0.385. The third kappa shape index (κ3) is 3.96. The van der Waals surface area contributed by atoms with Crippen LogP contribution in [0.2, 0.25) is 0 Å². The summed E-state index contributed by atoms with van der Waals surface area (Å²) in [5, 5.41) is 12.5. The van der Waals surface area contributed by atoms with Gasteiger partial charge in [0.2, 0.25) is 11.8 Å². The fourth-order valence-electron chi connectivity index (χ4n) is 5.72. The molecule has 2 atom stereocenters. The molecule has 2 amide bonds. The highest BCUT2D eigenvalue weighted by Crippen LogP contribution is 2.43. The Balaban J connectivity index is 1.37. The van der Waals surface area contributed by atoms with Gasteiger partial charge in [-0.15, -0.1) is 0 Å². The molecular weight excluding hydrogens is 484 g/mol. The van der Waals surface area contributed by atoms with Crippen LogP contribution in [0.1, 0.15) is 28.4 Å². The number of methoxy groups -OCH3 is 1. The number of piperazine rings is 1. The fourth-order valence-corrected chi connectivity index (χ4v) is 5.72. The first-order valence-corrected chi connectivity index (χ1v) is 12.5. The third-order valence-corrected chi connectivity index (χ3v) is 7.57. The molecule has 6 rings (SSSR count). The van der Waals surface area contributed by atoms with Crippen molar-refractivity contribution in [2.75, 3.05) is 20.2 Å². The number of hydrogen-bond donors (Lipinski definition) is 1. The van der Waals surface area contributed by atoms with Crippen LogP contribution in [0.4, 0.5) is 5.69 Å². The zero-order chi connectivity index (χ0) is 26.4. The molecule has 1 N–H and O–H groups in total. The maximum Gasteiger partial charge on any atom is 0.269 e. The number of carbonyl (C=O) groups excluding carboxylic acids is 2. The van der Waals surface area contributed by atoms with Gasteiger partial charge in [-0.3, -0.25) is 19.7 Å².